The first-order chi connectivity index (χ1) is 16.7. The van der Waals surface area contributed by atoms with Crippen molar-refractivity contribution >= 4 is 17.4 Å². The van der Waals surface area contributed by atoms with Gasteiger partial charge < -0.3 is 19.9 Å². The van der Waals surface area contributed by atoms with Crippen LogP contribution in [0.5, 0.6) is 0 Å². The van der Waals surface area contributed by atoms with Gasteiger partial charge in [-0.15, -0.1) is 0 Å². The number of amides is 1. The first-order valence-electron chi connectivity index (χ1n) is 10.5. The van der Waals surface area contributed by atoms with Crippen LogP contribution >= 0.6 is 0 Å². The number of aryl methyl sites for hydroxylation is 1. The monoisotopic (exact) mass is 487 g/mol. The molecule has 35 heavy (non-hydrogen) atoms. The Balaban J connectivity index is 1.74. The number of rotatable bonds is 8. The molecule has 1 aliphatic heterocycles. The molecule has 3 aromatic rings. The number of hydrogen-bond donors (Lipinski definition) is 1. The van der Waals surface area contributed by atoms with Crippen molar-refractivity contribution in [3.8, 4) is 0 Å². The van der Waals surface area contributed by atoms with Gasteiger partial charge >= 0.3 is 6.18 Å². The highest BCUT2D eigenvalue weighted by Gasteiger charge is 2.40. The van der Waals surface area contributed by atoms with Crippen LogP contribution in [0.2, 0.25) is 0 Å². The maximum atomic E-state index is 13.1. The van der Waals surface area contributed by atoms with Crippen molar-refractivity contribution in [3.63, 3.8) is 0 Å². The normalized spacial score (nSPS) is 15.9. The molecule has 0 spiro atoms. The number of nitro benzene ring substituents is 1. The number of primary amides is 1. The van der Waals surface area contributed by atoms with Crippen molar-refractivity contribution in [1.82, 2.24) is 14.5 Å². The third-order valence-electron chi connectivity index (χ3n) is 5.49. The second kappa shape index (κ2) is 9.49. The molecule has 0 saturated carbocycles. The summed E-state index contributed by atoms with van der Waals surface area (Å²) >= 11 is 0. The highest BCUT2D eigenvalue weighted by Crippen LogP contribution is 2.43. The number of imidazole rings is 1. The van der Waals surface area contributed by atoms with Gasteiger partial charge in [0.1, 0.15) is 5.70 Å². The number of aromatic nitrogens is 2. The van der Waals surface area contributed by atoms with Gasteiger partial charge in [-0.2, -0.15) is 13.2 Å². The van der Waals surface area contributed by atoms with Gasteiger partial charge in [-0.05, 0) is 24.6 Å². The zero-order chi connectivity index (χ0) is 25.2. The Kier molecular flexibility index (Phi) is 6.45. The topological polar surface area (TPSA) is 117 Å². The van der Waals surface area contributed by atoms with Crippen LogP contribution in [-0.4, -0.2) is 31.8 Å². The van der Waals surface area contributed by atoms with E-state index in [1.807, 2.05) is 4.57 Å². The molecule has 1 amide bonds. The summed E-state index contributed by atoms with van der Waals surface area (Å²) in [6.45, 7) is 0.759. The number of alkyl halides is 3. The molecule has 0 saturated heterocycles. The van der Waals surface area contributed by atoms with Crippen molar-refractivity contribution < 1.29 is 27.6 Å². The van der Waals surface area contributed by atoms with Gasteiger partial charge in [-0.1, -0.05) is 24.3 Å². The van der Waals surface area contributed by atoms with E-state index in [-0.39, 0.29) is 29.3 Å². The van der Waals surface area contributed by atoms with E-state index in [4.69, 9.17) is 10.5 Å². The Morgan fingerprint density at radius 2 is 1.86 bits per heavy atom. The summed E-state index contributed by atoms with van der Waals surface area (Å²) in [6, 6.07) is 10.0. The highest BCUT2D eigenvalue weighted by atomic mass is 19.4. The lowest BCUT2D eigenvalue weighted by atomic mass is 10.1. The van der Waals surface area contributed by atoms with E-state index < -0.39 is 28.8 Å². The summed E-state index contributed by atoms with van der Waals surface area (Å²) in [5.41, 5.74) is 4.82. The Bertz CT molecular complexity index is 1260. The van der Waals surface area contributed by atoms with E-state index in [1.54, 1.807) is 24.8 Å². The summed E-state index contributed by atoms with van der Waals surface area (Å²) in [5.74, 6) is -0.979. The summed E-state index contributed by atoms with van der Waals surface area (Å²) in [6.07, 6.45) is -0.0401. The molecule has 0 bridgehead atoms. The van der Waals surface area contributed by atoms with Crippen molar-refractivity contribution in [2.45, 2.75) is 25.4 Å². The molecule has 1 unspecified atom stereocenters. The van der Waals surface area contributed by atoms with Crippen LogP contribution in [0, 0.1) is 10.1 Å². The van der Waals surface area contributed by atoms with Crippen LogP contribution in [0.25, 0.3) is 5.76 Å². The number of carbonyl (C=O) groups excluding carboxylic acids is 1. The molecule has 12 heteroatoms. The number of nitro groups is 1. The van der Waals surface area contributed by atoms with Crippen LogP contribution in [0.3, 0.4) is 0 Å². The quantitative estimate of drug-likeness (QED) is 0.378. The van der Waals surface area contributed by atoms with Crippen molar-refractivity contribution in [2.24, 2.45) is 5.73 Å². The van der Waals surface area contributed by atoms with Crippen LogP contribution in [0.4, 0.5) is 18.9 Å². The Labute approximate surface area is 197 Å². The number of hydrogen-bond acceptors (Lipinski definition) is 6. The lowest BCUT2D eigenvalue weighted by Crippen LogP contribution is -2.32. The molecule has 1 aromatic heterocycles. The van der Waals surface area contributed by atoms with Crippen LogP contribution < -0.4 is 5.73 Å². The minimum atomic E-state index is -4.52. The smallest absolute Gasteiger partial charge is 0.416 e. The van der Waals surface area contributed by atoms with Gasteiger partial charge in [0, 0.05) is 37.1 Å². The molecule has 9 nitrogen and oxygen atoms in total. The van der Waals surface area contributed by atoms with E-state index in [0.717, 1.165) is 12.1 Å². The number of benzene rings is 2. The predicted octanol–water partition coefficient (Wildman–Crippen LogP) is 4.09. The second-order valence-electron chi connectivity index (χ2n) is 7.75. The standard InChI is InChI=1S/C23H20F3N5O4/c24-23(25,26)16-8-6-15(7-9-16)22-30(12-3-11-29-13-10-28-14-29)19(21(27)32)20(35-22)17-4-1-2-5-18(17)31(33)34/h1-2,4-10,13-14,22H,3,11-12H2,(H2,27,32). The molecule has 182 valence electrons. The van der Waals surface area contributed by atoms with Gasteiger partial charge in [0.15, 0.2) is 12.0 Å². The first kappa shape index (κ1) is 23.8. The highest BCUT2D eigenvalue weighted by molar-refractivity contribution is 6.00. The number of ether oxygens (including phenoxy) is 1. The molecule has 2 N–H and O–H groups in total. The van der Waals surface area contributed by atoms with Gasteiger partial charge in [0.05, 0.1) is 22.4 Å². The largest absolute Gasteiger partial charge is 0.463 e. The molecule has 2 heterocycles. The maximum Gasteiger partial charge on any atom is 0.416 e. The van der Waals surface area contributed by atoms with E-state index in [2.05, 4.69) is 4.98 Å². The Hall–Kier alpha value is -4.35. The molecule has 4 rings (SSSR count). The molecule has 0 radical (unpaired) electrons. The average molecular weight is 487 g/mol. The van der Waals surface area contributed by atoms with E-state index in [9.17, 15) is 28.1 Å². The fourth-order valence-corrected chi connectivity index (χ4v) is 3.90. The first-order valence-corrected chi connectivity index (χ1v) is 10.5. The SMILES string of the molecule is NC(=O)C1=C(c2ccccc2[N+](=O)[O-])OC(c2ccc(C(F)(F)F)cc2)N1CCCn1ccnc1. The number of nitrogens with zero attached hydrogens (tertiary/aromatic N) is 4. The number of nitrogens with two attached hydrogens (primary N) is 1. The summed E-state index contributed by atoms with van der Waals surface area (Å²) in [5, 5.41) is 11.6. The fourth-order valence-electron chi connectivity index (χ4n) is 3.90. The van der Waals surface area contributed by atoms with Crippen molar-refractivity contribution in [1.29, 1.82) is 0 Å². The Morgan fingerprint density at radius 1 is 1.14 bits per heavy atom. The molecule has 1 atom stereocenters. The summed E-state index contributed by atoms with van der Waals surface area (Å²) < 4.78 is 47.0. The third kappa shape index (κ3) is 4.95. The van der Waals surface area contributed by atoms with Gasteiger partial charge in [0.25, 0.3) is 11.6 Å². The molecule has 2 aromatic carbocycles. The summed E-state index contributed by atoms with van der Waals surface area (Å²) in [4.78, 5) is 29.0. The van der Waals surface area contributed by atoms with Crippen LogP contribution in [0.1, 0.15) is 29.3 Å². The number of halogens is 3. The maximum absolute atomic E-state index is 13.1. The van der Waals surface area contributed by atoms with E-state index in [0.29, 0.717) is 18.5 Å². The fraction of sp³-hybridized carbons (Fsp3) is 0.217. The van der Waals surface area contributed by atoms with Gasteiger partial charge in [0.2, 0.25) is 0 Å². The Morgan fingerprint density at radius 3 is 2.46 bits per heavy atom. The van der Waals surface area contributed by atoms with Gasteiger partial charge in [-0.25, -0.2) is 4.98 Å². The van der Waals surface area contributed by atoms with Crippen LogP contribution in [0.15, 0.2) is 72.9 Å². The minimum Gasteiger partial charge on any atom is -0.463 e. The van der Waals surface area contributed by atoms with E-state index >= 15 is 0 Å². The zero-order valence-corrected chi connectivity index (χ0v) is 18.2. The van der Waals surface area contributed by atoms with E-state index in [1.165, 1.54) is 35.2 Å². The third-order valence-corrected chi connectivity index (χ3v) is 5.49. The predicted molar refractivity (Wildman–Crippen MR) is 118 cm³/mol. The minimum absolute atomic E-state index is 0.0420. The zero-order valence-electron chi connectivity index (χ0n) is 18.2. The molecule has 0 aliphatic carbocycles. The summed E-state index contributed by atoms with van der Waals surface area (Å²) in [7, 11) is 0. The molecular formula is C23H20F3N5O4. The molecule has 1 aliphatic rings. The average Bonchev–Trinajstić information content (AvgIpc) is 3.47. The lowest BCUT2D eigenvalue weighted by Gasteiger charge is -2.27. The number of carbonyl (C=O) groups is 1. The molecule has 0 fully saturated rings. The van der Waals surface area contributed by atoms with Crippen LogP contribution in [-0.2, 0) is 22.3 Å². The van der Waals surface area contributed by atoms with Crippen molar-refractivity contribution in [2.75, 3.05) is 6.54 Å². The second-order valence-corrected chi connectivity index (χ2v) is 7.75. The molecular weight excluding hydrogens is 467 g/mol. The van der Waals surface area contributed by atoms with Crippen molar-refractivity contribution in [3.05, 3.63) is 99.8 Å². The lowest BCUT2D eigenvalue weighted by molar-refractivity contribution is -0.385. The number of para-hydroxylation sites is 1. The van der Waals surface area contributed by atoms with Gasteiger partial charge in [-0.3, -0.25) is 14.9 Å².